The molecule has 0 spiro atoms. The van der Waals surface area contributed by atoms with Gasteiger partial charge in [0.1, 0.15) is 10.8 Å². The molecule has 30 heavy (non-hydrogen) atoms. The molecule has 3 aromatic rings. The zero-order valence-corrected chi connectivity index (χ0v) is 18.1. The molecule has 3 aromatic heterocycles. The van der Waals surface area contributed by atoms with Crippen LogP contribution in [0.15, 0.2) is 35.0 Å². The molecule has 8 heteroatoms. The molecule has 0 aromatic carbocycles. The number of carbonyl (C=O) groups is 2. The minimum atomic E-state index is -0.383. The van der Waals surface area contributed by atoms with Gasteiger partial charge in [-0.1, -0.05) is 6.92 Å². The summed E-state index contributed by atoms with van der Waals surface area (Å²) < 4.78 is 12.9. The van der Waals surface area contributed by atoms with E-state index in [1.54, 1.807) is 23.0 Å². The van der Waals surface area contributed by atoms with E-state index in [0.717, 1.165) is 29.7 Å². The molecule has 158 valence electrons. The van der Waals surface area contributed by atoms with Crippen molar-refractivity contribution in [1.82, 2.24) is 9.78 Å². The highest BCUT2D eigenvalue weighted by atomic mass is 32.1. The minimum Gasteiger partial charge on any atom is -0.459 e. The SMILES string of the molecule is CC1CCc2c(sc(NC(=O)c3ccc(Cn4cccn4)o3)c2C(=O)OC(C)C)C1. The van der Waals surface area contributed by atoms with E-state index in [4.69, 9.17) is 9.15 Å². The maximum Gasteiger partial charge on any atom is 0.341 e. The average Bonchev–Trinajstić information content (AvgIpc) is 3.41. The zero-order chi connectivity index (χ0) is 21.3. The smallest absolute Gasteiger partial charge is 0.341 e. The highest BCUT2D eigenvalue weighted by Gasteiger charge is 2.30. The highest BCUT2D eigenvalue weighted by molar-refractivity contribution is 7.17. The number of ether oxygens (including phenoxy) is 1. The van der Waals surface area contributed by atoms with Crippen LogP contribution in [0.2, 0.25) is 0 Å². The van der Waals surface area contributed by atoms with E-state index in [1.165, 1.54) is 11.3 Å². The van der Waals surface area contributed by atoms with Gasteiger partial charge >= 0.3 is 5.97 Å². The van der Waals surface area contributed by atoms with Gasteiger partial charge in [-0.15, -0.1) is 11.3 Å². The number of aromatic nitrogens is 2. The third-order valence-corrected chi connectivity index (χ3v) is 6.22. The number of thiophene rings is 1. The number of amides is 1. The summed E-state index contributed by atoms with van der Waals surface area (Å²) in [6, 6.07) is 5.22. The fourth-order valence-corrected chi connectivity index (χ4v) is 5.02. The molecule has 3 heterocycles. The Labute approximate surface area is 179 Å². The van der Waals surface area contributed by atoms with Gasteiger partial charge in [0, 0.05) is 17.3 Å². The van der Waals surface area contributed by atoms with Crippen molar-refractivity contribution in [3.05, 3.63) is 58.1 Å². The van der Waals surface area contributed by atoms with E-state index in [0.29, 0.717) is 28.8 Å². The molecular formula is C22H25N3O4S. The Kier molecular flexibility index (Phi) is 5.76. The average molecular weight is 428 g/mol. The number of nitrogens with one attached hydrogen (secondary N) is 1. The number of esters is 1. The van der Waals surface area contributed by atoms with Crippen molar-refractivity contribution >= 4 is 28.2 Å². The third-order valence-electron chi connectivity index (χ3n) is 5.05. The topological polar surface area (TPSA) is 86.4 Å². The van der Waals surface area contributed by atoms with E-state index in [9.17, 15) is 9.59 Å². The van der Waals surface area contributed by atoms with Crippen LogP contribution < -0.4 is 5.32 Å². The van der Waals surface area contributed by atoms with E-state index >= 15 is 0 Å². The molecule has 1 aliphatic rings. The van der Waals surface area contributed by atoms with Crippen molar-refractivity contribution in [1.29, 1.82) is 0 Å². The third kappa shape index (κ3) is 4.33. The second kappa shape index (κ2) is 8.47. The van der Waals surface area contributed by atoms with Crippen LogP contribution in [0.5, 0.6) is 0 Å². The van der Waals surface area contributed by atoms with Crippen LogP contribution in [-0.2, 0) is 24.1 Å². The normalized spacial score (nSPS) is 15.8. The second-order valence-corrected chi connectivity index (χ2v) is 9.04. The molecule has 1 unspecified atom stereocenters. The Morgan fingerprint density at radius 1 is 1.40 bits per heavy atom. The van der Waals surface area contributed by atoms with Crippen LogP contribution in [0.25, 0.3) is 0 Å². The highest BCUT2D eigenvalue weighted by Crippen LogP contribution is 2.40. The fourth-order valence-electron chi connectivity index (χ4n) is 3.63. The summed E-state index contributed by atoms with van der Waals surface area (Å²) in [6.07, 6.45) is 6.04. The van der Waals surface area contributed by atoms with Gasteiger partial charge in [-0.25, -0.2) is 4.79 Å². The van der Waals surface area contributed by atoms with E-state index in [1.807, 2.05) is 26.1 Å². The molecule has 0 radical (unpaired) electrons. The number of hydrogen-bond acceptors (Lipinski definition) is 6. The van der Waals surface area contributed by atoms with E-state index in [2.05, 4.69) is 17.3 Å². The minimum absolute atomic E-state index is 0.195. The van der Waals surface area contributed by atoms with Gasteiger partial charge in [0.2, 0.25) is 0 Å². The lowest BCUT2D eigenvalue weighted by molar-refractivity contribution is 0.0378. The Balaban J connectivity index is 1.57. The molecule has 1 amide bonds. The number of nitrogens with zero attached hydrogens (tertiary/aromatic N) is 2. The number of rotatable bonds is 6. The molecule has 1 aliphatic carbocycles. The van der Waals surface area contributed by atoms with Gasteiger partial charge in [-0.05, 0) is 62.8 Å². The number of fused-ring (bicyclic) bond motifs is 1. The molecule has 1 atom stereocenters. The molecule has 0 aliphatic heterocycles. The molecule has 0 fully saturated rings. The summed E-state index contributed by atoms with van der Waals surface area (Å²) in [6.45, 7) is 6.29. The first kappa shape index (κ1) is 20.4. The predicted octanol–water partition coefficient (Wildman–Crippen LogP) is 4.53. The van der Waals surface area contributed by atoms with Crippen LogP contribution in [0.1, 0.15) is 64.3 Å². The lowest BCUT2D eigenvalue weighted by atomic mass is 9.88. The van der Waals surface area contributed by atoms with Crippen LogP contribution >= 0.6 is 11.3 Å². The second-order valence-electron chi connectivity index (χ2n) is 7.93. The summed E-state index contributed by atoms with van der Waals surface area (Å²) in [5.41, 5.74) is 1.50. The van der Waals surface area contributed by atoms with Gasteiger partial charge in [0.15, 0.2) is 5.76 Å². The lowest BCUT2D eigenvalue weighted by Crippen LogP contribution is -2.18. The first-order valence-electron chi connectivity index (χ1n) is 10.1. The first-order valence-corrected chi connectivity index (χ1v) is 11.0. The Morgan fingerprint density at radius 2 is 2.23 bits per heavy atom. The Morgan fingerprint density at radius 3 is 2.97 bits per heavy atom. The monoisotopic (exact) mass is 427 g/mol. The van der Waals surface area contributed by atoms with Crippen LogP contribution in [0.4, 0.5) is 5.00 Å². The summed E-state index contributed by atoms with van der Waals surface area (Å²) in [5.74, 6) is 0.615. The standard InChI is InChI=1S/C22H25N3O4S/c1-13(2)28-22(27)19-16-7-5-14(3)11-18(16)30-21(19)24-20(26)17-8-6-15(29-17)12-25-10-4-9-23-25/h4,6,8-10,13-14H,5,7,11-12H2,1-3H3,(H,24,26). The predicted molar refractivity (Wildman–Crippen MR) is 114 cm³/mol. The molecule has 4 rings (SSSR count). The van der Waals surface area contributed by atoms with Crippen LogP contribution in [0.3, 0.4) is 0 Å². The Hall–Kier alpha value is -2.87. The number of hydrogen-bond donors (Lipinski definition) is 1. The van der Waals surface area contributed by atoms with Crippen molar-refractivity contribution in [2.24, 2.45) is 5.92 Å². The van der Waals surface area contributed by atoms with Gasteiger partial charge in [-0.3, -0.25) is 9.48 Å². The van der Waals surface area contributed by atoms with Gasteiger partial charge in [0.05, 0.1) is 18.2 Å². The molecule has 0 saturated carbocycles. The van der Waals surface area contributed by atoms with Crippen LogP contribution in [0, 0.1) is 5.92 Å². The fraction of sp³-hybridized carbons (Fsp3) is 0.409. The summed E-state index contributed by atoms with van der Waals surface area (Å²) >= 11 is 1.47. The van der Waals surface area contributed by atoms with Crippen molar-refractivity contribution < 1.29 is 18.7 Å². The summed E-state index contributed by atoms with van der Waals surface area (Å²) in [5, 5.41) is 7.56. The largest absolute Gasteiger partial charge is 0.459 e. The van der Waals surface area contributed by atoms with Crippen molar-refractivity contribution in [3.8, 4) is 0 Å². The van der Waals surface area contributed by atoms with E-state index < -0.39 is 0 Å². The quantitative estimate of drug-likeness (QED) is 0.584. The molecule has 7 nitrogen and oxygen atoms in total. The Bertz CT molecular complexity index is 1050. The van der Waals surface area contributed by atoms with Gasteiger partial charge in [0.25, 0.3) is 5.91 Å². The van der Waals surface area contributed by atoms with Gasteiger partial charge in [-0.2, -0.15) is 5.10 Å². The lowest BCUT2D eigenvalue weighted by Gasteiger charge is -2.18. The first-order chi connectivity index (χ1) is 14.4. The van der Waals surface area contributed by atoms with Crippen LogP contribution in [-0.4, -0.2) is 27.8 Å². The van der Waals surface area contributed by atoms with Crippen molar-refractivity contribution in [2.45, 2.75) is 52.7 Å². The summed E-state index contributed by atoms with van der Waals surface area (Å²) in [4.78, 5) is 26.8. The maximum absolute atomic E-state index is 12.8. The summed E-state index contributed by atoms with van der Waals surface area (Å²) in [7, 11) is 0. The van der Waals surface area contributed by atoms with Crippen molar-refractivity contribution in [2.75, 3.05) is 5.32 Å². The maximum atomic E-state index is 12.8. The molecule has 0 saturated heterocycles. The van der Waals surface area contributed by atoms with E-state index in [-0.39, 0.29) is 23.7 Å². The molecular weight excluding hydrogens is 402 g/mol. The molecule has 1 N–H and O–H groups in total. The van der Waals surface area contributed by atoms with Crippen molar-refractivity contribution in [3.63, 3.8) is 0 Å². The number of carbonyl (C=O) groups excluding carboxylic acids is 2. The number of furan rings is 1. The van der Waals surface area contributed by atoms with Gasteiger partial charge < -0.3 is 14.5 Å². The number of anilines is 1. The molecule has 0 bridgehead atoms. The zero-order valence-electron chi connectivity index (χ0n) is 17.3.